The number of carbonyl (C=O) groups excluding carboxylic acids is 1. The smallest absolute Gasteiger partial charge is 0.410 e. The van der Waals surface area contributed by atoms with E-state index < -0.39 is 5.60 Å². The highest BCUT2D eigenvalue weighted by Crippen LogP contribution is 2.32. The monoisotopic (exact) mass is 277 g/mol. The van der Waals surface area contributed by atoms with Crippen LogP contribution in [0, 0.1) is 0 Å². The summed E-state index contributed by atoms with van der Waals surface area (Å²) < 4.78 is 5.49. The van der Waals surface area contributed by atoms with Crippen LogP contribution < -0.4 is 0 Å². The predicted molar refractivity (Wildman–Crippen MR) is 77.6 cm³/mol. The fourth-order valence-electron chi connectivity index (χ4n) is 2.51. The summed E-state index contributed by atoms with van der Waals surface area (Å²) in [6, 6.07) is 7.12. The van der Waals surface area contributed by atoms with Gasteiger partial charge in [-0.05, 0) is 57.7 Å². The maximum atomic E-state index is 12.3. The molecule has 1 aliphatic rings. The van der Waals surface area contributed by atoms with Crippen molar-refractivity contribution >= 4 is 6.09 Å². The van der Waals surface area contributed by atoms with Gasteiger partial charge in [-0.2, -0.15) is 0 Å². The Morgan fingerprint density at radius 2 is 1.90 bits per heavy atom. The number of hydrogen-bond donors (Lipinski definition) is 1. The number of likely N-dealkylation sites (tertiary alicyclic amines) is 1. The molecule has 1 heterocycles. The highest BCUT2D eigenvalue weighted by atomic mass is 16.6. The summed E-state index contributed by atoms with van der Waals surface area (Å²) in [7, 11) is 0. The Hall–Kier alpha value is -1.71. The number of carbonyl (C=O) groups is 1. The van der Waals surface area contributed by atoms with Gasteiger partial charge in [0, 0.05) is 6.54 Å². The van der Waals surface area contributed by atoms with Crippen LogP contribution in [0.2, 0.25) is 0 Å². The Morgan fingerprint density at radius 1 is 1.25 bits per heavy atom. The van der Waals surface area contributed by atoms with Gasteiger partial charge in [0.1, 0.15) is 11.4 Å². The van der Waals surface area contributed by atoms with E-state index >= 15 is 0 Å². The molecule has 2 rings (SSSR count). The molecular formula is C16H23NO3. The molecule has 1 amide bonds. The second-order valence-corrected chi connectivity index (χ2v) is 6.28. The minimum absolute atomic E-state index is 0.0409. The molecule has 1 aromatic carbocycles. The van der Waals surface area contributed by atoms with Crippen LogP contribution in [0.1, 0.15) is 51.6 Å². The normalized spacial score (nSPS) is 19.8. The number of phenols is 1. The molecule has 1 aromatic rings. The highest BCUT2D eigenvalue weighted by molar-refractivity contribution is 5.69. The number of hydrogen-bond acceptors (Lipinski definition) is 3. The second kappa shape index (κ2) is 5.73. The minimum Gasteiger partial charge on any atom is -0.508 e. The second-order valence-electron chi connectivity index (χ2n) is 6.28. The molecule has 0 saturated carbocycles. The van der Waals surface area contributed by atoms with Crippen molar-refractivity contribution in [3.05, 3.63) is 29.8 Å². The van der Waals surface area contributed by atoms with Crippen LogP contribution in [0.15, 0.2) is 24.3 Å². The Kier molecular flexibility index (Phi) is 4.21. The summed E-state index contributed by atoms with van der Waals surface area (Å²) in [6.45, 7) is 6.36. The molecule has 4 heteroatoms. The highest BCUT2D eigenvalue weighted by Gasteiger charge is 2.31. The molecule has 1 aliphatic heterocycles. The standard InChI is InChI=1S/C16H23NO3/c1-16(2,3)20-15(19)17-11-5-4-6-14(17)12-7-9-13(18)10-8-12/h7-10,14,18H,4-6,11H2,1-3H3/t14-/m0/s1. The third kappa shape index (κ3) is 3.65. The van der Waals surface area contributed by atoms with E-state index in [-0.39, 0.29) is 17.9 Å². The first kappa shape index (κ1) is 14.7. The van der Waals surface area contributed by atoms with Crippen molar-refractivity contribution in [2.45, 2.75) is 51.7 Å². The molecule has 1 fully saturated rings. The lowest BCUT2D eigenvalue weighted by molar-refractivity contribution is 0.00952. The van der Waals surface area contributed by atoms with Gasteiger partial charge in [-0.15, -0.1) is 0 Å². The fraction of sp³-hybridized carbons (Fsp3) is 0.562. The molecule has 0 aromatic heterocycles. The van der Waals surface area contributed by atoms with Crippen molar-refractivity contribution in [2.75, 3.05) is 6.54 Å². The lowest BCUT2D eigenvalue weighted by atomic mass is 9.95. The maximum Gasteiger partial charge on any atom is 0.410 e. The maximum absolute atomic E-state index is 12.3. The lowest BCUT2D eigenvalue weighted by Gasteiger charge is -2.37. The largest absolute Gasteiger partial charge is 0.508 e. The molecule has 0 aliphatic carbocycles. The molecule has 0 spiro atoms. The zero-order valence-electron chi connectivity index (χ0n) is 12.4. The van der Waals surface area contributed by atoms with Crippen LogP contribution >= 0.6 is 0 Å². The van der Waals surface area contributed by atoms with E-state index in [1.54, 1.807) is 17.0 Å². The Morgan fingerprint density at radius 3 is 2.50 bits per heavy atom. The van der Waals surface area contributed by atoms with Gasteiger partial charge in [0.15, 0.2) is 0 Å². The molecule has 0 unspecified atom stereocenters. The van der Waals surface area contributed by atoms with E-state index in [1.165, 1.54) is 0 Å². The number of aromatic hydroxyl groups is 1. The first-order chi connectivity index (χ1) is 9.37. The van der Waals surface area contributed by atoms with E-state index in [2.05, 4.69) is 0 Å². The molecule has 1 saturated heterocycles. The van der Waals surface area contributed by atoms with Crippen molar-refractivity contribution in [3.63, 3.8) is 0 Å². The molecule has 0 bridgehead atoms. The van der Waals surface area contributed by atoms with Crippen LogP contribution in [0.25, 0.3) is 0 Å². The predicted octanol–water partition coefficient (Wildman–Crippen LogP) is 3.85. The van der Waals surface area contributed by atoms with Crippen LogP contribution in [0.3, 0.4) is 0 Å². The van der Waals surface area contributed by atoms with Gasteiger partial charge in [-0.1, -0.05) is 12.1 Å². The average Bonchev–Trinajstić information content (AvgIpc) is 2.38. The SMILES string of the molecule is CC(C)(C)OC(=O)N1CCCC[C@H]1c1ccc(O)cc1. The number of ether oxygens (including phenoxy) is 1. The first-order valence-corrected chi connectivity index (χ1v) is 7.15. The number of nitrogens with zero attached hydrogens (tertiary/aromatic N) is 1. The molecule has 1 N–H and O–H groups in total. The Balaban J connectivity index is 2.16. The number of phenolic OH excluding ortho intramolecular Hbond substituents is 1. The van der Waals surface area contributed by atoms with E-state index in [1.807, 2.05) is 32.9 Å². The third-order valence-corrected chi connectivity index (χ3v) is 3.41. The van der Waals surface area contributed by atoms with E-state index in [0.717, 1.165) is 31.4 Å². The van der Waals surface area contributed by atoms with Crippen molar-refractivity contribution < 1.29 is 14.6 Å². The van der Waals surface area contributed by atoms with Crippen LogP contribution in [0.4, 0.5) is 4.79 Å². The van der Waals surface area contributed by atoms with Gasteiger partial charge in [0.05, 0.1) is 6.04 Å². The van der Waals surface area contributed by atoms with E-state index in [4.69, 9.17) is 4.74 Å². The summed E-state index contributed by atoms with van der Waals surface area (Å²) in [6.07, 6.45) is 2.79. The number of amides is 1. The fourth-order valence-corrected chi connectivity index (χ4v) is 2.51. The van der Waals surface area contributed by atoms with E-state index in [9.17, 15) is 9.90 Å². The third-order valence-electron chi connectivity index (χ3n) is 3.41. The van der Waals surface area contributed by atoms with Gasteiger partial charge in [-0.25, -0.2) is 4.79 Å². The van der Waals surface area contributed by atoms with Gasteiger partial charge in [-0.3, -0.25) is 0 Å². The Bertz CT molecular complexity index is 462. The molecule has 110 valence electrons. The molecule has 20 heavy (non-hydrogen) atoms. The van der Waals surface area contributed by atoms with Crippen molar-refractivity contribution in [2.24, 2.45) is 0 Å². The van der Waals surface area contributed by atoms with E-state index in [0.29, 0.717) is 0 Å². The summed E-state index contributed by atoms with van der Waals surface area (Å²) in [5.41, 5.74) is 0.571. The van der Waals surface area contributed by atoms with Gasteiger partial charge >= 0.3 is 6.09 Å². The molecule has 0 radical (unpaired) electrons. The van der Waals surface area contributed by atoms with Crippen molar-refractivity contribution in [1.82, 2.24) is 4.90 Å². The van der Waals surface area contributed by atoms with Gasteiger partial charge in [0.25, 0.3) is 0 Å². The number of benzene rings is 1. The zero-order chi connectivity index (χ0) is 14.8. The van der Waals surface area contributed by atoms with Crippen molar-refractivity contribution in [3.8, 4) is 5.75 Å². The summed E-state index contributed by atoms with van der Waals surface area (Å²) in [5.74, 6) is 0.244. The van der Waals surface area contributed by atoms with Gasteiger partial charge < -0.3 is 14.7 Å². The summed E-state index contributed by atoms with van der Waals surface area (Å²) in [4.78, 5) is 14.1. The van der Waals surface area contributed by atoms with Crippen LogP contribution in [-0.4, -0.2) is 28.2 Å². The first-order valence-electron chi connectivity index (χ1n) is 7.15. The van der Waals surface area contributed by atoms with Crippen LogP contribution in [-0.2, 0) is 4.74 Å². The lowest BCUT2D eigenvalue weighted by Crippen LogP contribution is -2.41. The Labute approximate surface area is 120 Å². The average molecular weight is 277 g/mol. The molecular weight excluding hydrogens is 254 g/mol. The summed E-state index contributed by atoms with van der Waals surface area (Å²) in [5, 5.41) is 9.38. The molecule has 4 nitrogen and oxygen atoms in total. The number of rotatable bonds is 1. The zero-order valence-corrected chi connectivity index (χ0v) is 12.4. The molecule has 1 atom stereocenters. The quantitative estimate of drug-likeness (QED) is 0.848. The van der Waals surface area contributed by atoms with Crippen LogP contribution in [0.5, 0.6) is 5.75 Å². The topological polar surface area (TPSA) is 49.8 Å². The minimum atomic E-state index is -0.478. The number of piperidine rings is 1. The van der Waals surface area contributed by atoms with Crippen molar-refractivity contribution in [1.29, 1.82) is 0 Å². The summed E-state index contributed by atoms with van der Waals surface area (Å²) >= 11 is 0. The van der Waals surface area contributed by atoms with Gasteiger partial charge in [0.2, 0.25) is 0 Å².